The normalized spacial score (nSPS) is 12.2. The van der Waals surface area contributed by atoms with Gasteiger partial charge in [0.15, 0.2) is 11.7 Å². The zero-order chi connectivity index (χ0) is 21.4. The minimum atomic E-state index is -1.04. The number of para-hydroxylation sites is 2. The Labute approximate surface area is 173 Å². The highest BCUT2D eigenvalue weighted by Gasteiger charge is 2.29. The summed E-state index contributed by atoms with van der Waals surface area (Å²) < 4.78 is 4.98. The summed E-state index contributed by atoms with van der Waals surface area (Å²) in [5.41, 5.74) is 1.83. The van der Waals surface area contributed by atoms with Gasteiger partial charge < -0.3 is 15.0 Å². The Morgan fingerprint density at radius 3 is 2.24 bits per heavy atom. The van der Waals surface area contributed by atoms with Gasteiger partial charge in [-0.05, 0) is 24.0 Å². The van der Waals surface area contributed by atoms with Crippen LogP contribution in [0.15, 0.2) is 24.3 Å². The maximum atomic E-state index is 12.7. The molecule has 1 atom stereocenters. The van der Waals surface area contributed by atoms with E-state index in [2.05, 4.69) is 44.0 Å². The van der Waals surface area contributed by atoms with Gasteiger partial charge in [-0.2, -0.15) is 5.26 Å². The molecule has 0 aliphatic rings. The number of carbonyl (C=O) groups is 1. The van der Waals surface area contributed by atoms with Gasteiger partial charge in [0, 0.05) is 26.7 Å². The predicted molar refractivity (Wildman–Crippen MR) is 115 cm³/mol. The van der Waals surface area contributed by atoms with Crippen LogP contribution >= 0.6 is 0 Å². The summed E-state index contributed by atoms with van der Waals surface area (Å²) in [7, 11) is 1.57. The van der Waals surface area contributed by atoms with Crippen molar-refractivity contribution in [3.8, 4) is 6.07 Å². The van der Waals surface area contributed by atoms with E-state index in [1.54, 1.807) is 7.11 Å². The minimum absolute atomic E-state index is 0.339. The second-order valence-electron chi connectivity index (χ2n) is 7.96. The molecule has 1 aromatic heterocycles. The van der Waals surface area contributed by atoms with E-state index >= 15 is 0 Å². The molecular weight excluding hydrogens is 366 g/mol. The summed E-state index contributed by atoms with van der Waals surface area (Å²) in [5, 5.41) is 12.6. The number of amides is 1. The molecule has 2 rings (SSSR count). The Bertz CT molecular complexity index is 850. The van der Waals surface area contributed by atoms with Crippen molar-refractivity contribution in [2.24, 2.45) is 11.8 Å². The van der Waals surface area contributed by atoms with Crippen molar-refractivity contribution < 1.29 is 9.53 Å². The van der Waals surface area contributed by atoms with Crippen LogP contribution in [0.4, 0.5) is 5.82 Å². The molecule has 0 spiro atoms. The number of anilines is 1. The number of methoxy groups -OCH3 is 1. The number of nitriles is 1. The van der Waals surface area contributed by atoms with Crippen LogP contribution in [0.2, 0.25) is 0 Å². The molecule has 0 aliphatic heterocycles. The molecule has 1 aromatic carbocycles. The molecule has 1 N–H and O–H groups in total. The Balaban J connectivity index is 2.56. The molecule has 1 heterocycles. The third-order valence-electron chi connectivity index (χ3n) is 4.32. The fourth-order valence-corrected chi connectivity index (χ4v) is 3.18. The van der Waals surface area contributed by atoms with Gasteiger partial charge in [-0.1, -0.05) is 39.8 Å². The predicted octanol–water partition coefficient (Wildman–Crippen LogP) is 3.12. The number of fused-ring (bicyclic) bond motifs is 1. The van der Waals surface area contributed by atoms with Crippen LogP contribution in [0.5, 0.6) is 0 Å². The number of benzene rings is 1. The topological polar surface area (TPSA) is 91.1 Å². The monoisotopic (exact) mass is 397 g/mol. The second-order valence-corrected chi connectivity index (χ2v) is 7.96. The van der Waals surface area contributed by atoms with Gasteiger partial charge >= 0.3 is 0 Å². The van der Waals surface area contributed by atoms with Gasteiger partial charge in [0.25, 0.3) is 0 Å². The molecule has 0 aliphatic carbocycles. The Morgan fingerprint density at radius 2 is 1.72 bits per heavy atom. The van der Waals surface area contributed by atoms with Crippen molar-refractivity contribution in [3.63, 3.8) is 0 Å². The molecule has 0 fully saturated rings. The van der Waals surface area contributed by atoms with Crippen LogP contribution in [0.3, 0.4) is 0 Å². The van der Waals surface area contributed by atoms with Crippen LogP contribution in [0.25, 0.3) is 11.0 Å². The van der Waals surface area contributed by atoms with Crippen LogP contribution < -0.4 is 10.2 Å². The smallest absolute Gasteiger partial charge is 0.243 e. The Morgan fingerprint density at radius 1 is 1.14 bits per heavy atom. The van der Waals surface area contributed by atoms with E-state index in [4.69, 9.17) is 14.7 Å². The molecule has 0 radical (unpaired) electrons. The minimum Gasteiger partial charge on any atom is -0.383 e. The lowest BCUT2D eigenvalue weighted by molar-refractivity contribution is -0.121. The number of carbonyl (C=O) groups excluding carboxylic acids is 1. The number of aromatic nitrogens is 2. The van der Waals surface area contributed by atoms with Crippen LogP contribution in [0.1, 0.15) is 39.3 Å². The van der Waals surface area contributed by atoms with E-state index < -0.39 is 5.92 Å². The number of ether oxygens (including phenoxy) is 1. The lowest BCUT2D eigenvalue weighted by Crippen LogP contribution is -2.36. The summed E-state index contributed by atoms with van der Waals surface area (Å²) in [6.45, 7) is 10.8. The second kappa shape index (κ2) is 10.7. The van der Waals surface area contributed by atoms with E-state index in [0.717, 1.165) is 18.6 Å². The largest absolute Gasteiger partial charge is 0.383 e. The first-order valence-corrected chi connectivity index (χ1v) is 10.0. The third kappa shape index (κ3) is 6.13. The standard InChI is InChI=1S/C22H31N5O2/c1-15(2)13-27(14-16(3)4)21-20(17(12-23)22(28)24-10-11-29-5)25-18-8-6-7-9-19(18)26-21/h6-9,15-17H,10-11,13-14H2,1-5H3,(H,24,28)/t17-/m0/s1. The fourth-order valence-electron chi connectivity index (χ4n) is 3.18. The zero-order valence-electron chi connectivity index (χ0n) is 18.0. The number of rotatable bonds is 10. The molecule has 1 amide bonds. The average molecular weight is 398 g/mol. The van der Waals surface area contributed by atoms with Crippen molar-refractivity contribution in [2.45, 2.75) is 33.6 Å². The van der Waals surface area contributed by atoms with Gasteiger partial charge in [-0.3, -0.25) is 4.79 Å². The highest BCUT2D eigenvalue weighted by Crippen LogP contribution is 2.28. The zero-order valence-corrected chi connectivity index (χ0v) is 18.0. The first kappa shape index (κ1) is 22.6. The first-order valence-electron chi connectivity index (χ1n) is 10.0. The summed E-state index contributed by atoms with van der Waals surface area (Å²) in [5.74, 6) is -0.0263. The number of nitrogens with one attached hydrogen (secondary N) is 1. The highest BCUT2D eigenvalue weighted by molar-refractivity contribution is 5.88. The summed E-state index contributed by atoms with van der Waals surface area (Å²) in [6, 6.07) is 9.67. The van der Waals surface area contributed by atoms with Gasteiger partial charge in [0.05, 0.1) is 23.7 Å². The lowest BCUT2D eigenvalue weighted by Gasteiger charge is -2.29. The Hall–Kier alpha value is -2.72. The van der Waals surface area contributed by atoms with Crippen LogP contribution in [-0.2, 0) is 9.53 Å². The molecule has 0 bridgehead atoms. The van der Waals surface area contributed by atoms with Crippen LogP contribution in [0, 0.1) is 23.2 Å². The average Bonchev–Trinajstić information content (AvgIpc) is 2.67. The van der Waals surface area contributed by atoms with Crippen molar-refractivity contribution in [2.75, 3.05) is 38.3 Å². The van der Waals surface area contributed by atoms with Crippen molar-refractivity contribution >= 4 is 22.8 Å². The molecule has 156 valence electrons. The summed E-state index contributed by atoms with van der Waals surface area (Å²) >= 11 is 0. The van der Waals surface area contributed by atoms with Gasteiger partial charge in [0.2, 0.25) is 5.91 Å². The molecule has 7 nitrogen and oxygen atoms in total. The Kier molecular flexibility index (Phi) is 8.34. The molecule has 0 unspecified atom stereocenters. The molecule has 7 heteroatoms. The SMILES string of the molecule is COCCNC(=O)[C@@H](C#N)c1nc2ccccc2nc1N(CC(C)C)CC(C)C. The van der Waals surface area contributed by atoms with Crippen molar-refractivity contribution in [1.82, 2.24) is 15.3 Å². The molecular formula is C22H31N5O2. The third-order valence-corrected chi connectivity index (χ3v) is 4.32. The van der Waals surface area contributed by atoms with Gasteiger partial charge in [-0.25, -0.2) is 9.97 Å². The quantitative estimate of drug-likeness (QED) is 0.620. The number of nitrogens with zero attached hydrogens (tertiary/aromatic N) is 4. The molecule has 29 heavy (non-hydrogen) atoms. The van der Waals surface area contributed by atoms with E-state index in [9.17, 15) is 10.1 Å². The number of hydrogen-bond acceptors (Lipinski definition) is 6. The van der Waals surface area contributed by atoms with E-state index in [0.29, 0.717) is 42.0 Å². The first-order chi connectivity index (χ1) is 13.9. The number of hydrogen-bond donors (Lipinski definition) is 1. The molecule has 0 saturated carbocycles. The van der Waals surface area contributed by atoms with Crippen LogP contribution in [-0.4, -0.2) is 49.2 Å². The van der Waals surface area contributed by atoms with E-state index in [-0.39, 0.29) is 5.91 Å². The maximum Gasteiger partial charge on any atom is 0.243 e. The fraction of sp³-hybridized carbons (Fsp3) is 0.545. The highest BCUT2D eigenvalue weighted by atomic mass is 16.5. The van der Waals surface area contributed by atoms with Gasteiger partial charge in [0.1, 0.15) is 5.69 Å². The molecule has 0 saturated heterocycles. The van der Waals surface area contributed by atoms with Gasteiger partial charge in [-0.15, -0.1) is 0 Å². The van der Waals surface area contributed by atoms with Crippen molar-refractivity contribution in [3.05, 3.63) is 30.0 Å². The van der Waals surface area contributed by atoms with E-state index in [1.165, 1.54) is 0 Å². The van der Waals surface area contributed by atoms with E-state index in [1.807, 2.05) is 24.3 Å². The van der Waals surface area contributed by atoms with Crippen molar-refractivity contribution in [1.29, 1.82) is 5.26 Å². The molecule has 2 aromatic rings. The summed E-state index contributed by atoms with van der Waals surface area (Å²) in [6.07, 6.45) is 0. The summed E-state index contributed by atoms with van der Waals surface area (Å²) in [4.78, 5) is 24.4. The lowest BCUT2D eigenvalue weighted by atomic mass is 10.0. The maximum absolute atomic E-state index is 12.7.